The van der Waals surface area contributed by atoms with E-state index in [4.69, 9.17) is 21.1 Å². The second-order valence-corrected chi connectivity index (χ2v) is 6.65. The van der Waals surface area contributed by atoms with Gasteiger partial charge in [0.15, 0.2) is 0 Å². The molecule has 0 amide bonds. The summed E-state index contributed by atoms with van der Waals surface area (Å²) < 4.78 is 11.7. The monoisotopic (exact) mass is 342 g/mol. The molecule has 1 saturated heterocycles. The number of halogens is 1. The summed E-state index contributed by atoms with van der Waals surface area (Å²) in [5.74, 6) is 0. The number of nitrogens with one attached hydrogen (secondary N) is 1. The van der Waals surface area contributed by atoms with Crippen LogP contribution in [0.25, 0.3) is 10.2 Å². The topological polar surface area (TPSA) is 59.5 Å². The summed E-state index contributed by atoms with van der Waals surface area (Å²) in [6.07, 6.45) is 3.52. The van der Waals surface area contributed by atoms with Gasteiger partial charge in [-0.25, -0.2) is 9.97 Å². The molecule has 2 unspecified atom stereocenters. The van der Waals surface area contributed by atoms with Gasteiger partial charge in [0.05, 0.1) is 29.6 Å². The smallest absolute Gasteiger partial charge is 0.143 e. The molecular weight excluding hydrogens is 324 g/mol. The Kier molecular flexibility index (Phi) is 5.56. The van der Waals surface area contributed by atoms with E-state index >= 15 is 0 Å². The van der Waals surface area contributed by atoms with Gasteiger partial charge in [-0.1, -0.05) is 11.6 Å². The van der Waals surface area contributed by atoms with Crippen LogP contribution in [0.15, 0.2) is 18.6 Å². The fraction of sp³-hybridized carbons (Fsp3) is 0.571. The van der Waals surface area contributed by atoms with E-state index in [9.17, 15) is 0 Å². The fourth-order valence-corrected chi connectivity index (χ4v) is 3.87. The lowest BCUT2D eigenvalue weighted by Gasteiger charge is -2.36. The van der Waals surface area contributed by atoms with Crippen molar-refractivity contribution in [3.8, 4) is 0 Å². The normalized spacial score (nSPS) is 21.3. The van der Waals surface area contributed by atoms with Crippen LogP contribution < -0.4 is 5.32 Å². The highest BCUT2D eigenvalue weighted by atomic mass is 35.5. The van der Waals surface area contributed by atoms with Gasteiger partial charge in [0.2, 0.25) is 0 Å². The molecule has 1 aliphatic rings. The number of aromatic nitrogens is 2. The van der Waals surface area contributed by atoms with Crippen LogP contribution in [0.1, 0.15) is 11.0 Å². The second-order valence-electron chi connectivity index (χ2n) is 5.05. The molecule has 2 aromatic rings. The van der Waals surface area contributed by atoms with E-state index in [-0.39, 0.29) is 11.7 Å². The molecule has 0 saturated carbocycles. The zero-order chi connectivity index (χ0) is 15.4. The predicted molar refractivity (Wildman–Crippen MR) is 87.2 cm³/mol. The number of methoxy groups -OCH3 is 1. The largest absolute Gasteiger partial charge is 0.383 e. The van der Waals surface area contributed by atoms with Crippen LogP contribution in [0.5, 0.6) is 0 Å². The first-order valence-electron chi connectivity index (χ1n) is 7.19. The maximum Gasteiger partial charge on any atom is 0.143 e. The highest BCUT2D eigenvalue weighted by molar-refractivity contribution is 7.19. The Bertz CT molecular complexity index is 578. The number of rotatable bonds is 6. The first-order valence-corrected chi connectivity index (χ1v) is 8.44. The van der Waals surface area contributed by atoms with Gasteiger partial charge in [-0.2, -0.15) is 0 Å². The predicted octanol–water partition coefficient (Wildman–Crippen LogP) is 1.82. The van der Waals surface area contributed by atoms with Gasteiger partial charge in [-0.05, 0) is 6.07 Å². The molecule has 8 heteroatoms. The Morgan fingerprint density at radius 1 is 1.64 bits per heavy atom. The molecular formula is C14H19ClN4O2S. The summed E-state index contributed by atoms with van der Waals surface area (Å²) in [6, 6.07) is 2.12. The summed E-state index contributed by atoms with van der Waals surface area (Å²) in [7, 11) is 1.70. The molecule has 120 valence electrons. The van der Waals surface area contributed by atoms with E-state index < -0.39 is 0 Å². The maximum absolute atomic E-state index is 6.15. The number of ether oxygens (including phenoxy) is 2. The number of alkyl halides is 1. The summed E-state index contributed by atoms with van der Waals surface area (Å²) in [5.41, 5.74) is 0.707. The highest BCUT2D eigenvalue weighted by Crippen LogP contribution is 2.31. The minimum Gasteiger partial charge on any atom is -0.383 e. The van der Waals surface area contributed by atoms with E-state index in [1.165, 1.54) is 4.88 Å². The van der Waals surface area contributed by atoms with Crippen LogP contribution in [0.3, 0.4) is 0 Å². The molecule has 1 N–H and O–H groups in total. The Balaban J connectivity index is 1.82. The van der Waals surface area contributed by atoms with E-state index in [1.54, 1.807) is 24.8 Å². The zero-order valence-corrected chi connectivity index (χ0v) is 13.9. The molecule has 3 rings (SSSR count). The molecule has 0 bridgehead atoms. The minimum atomic E-state index is -0.269. The molecule has 0 aliphatic carbocycles. The van der Waals surface area contributed by atoms with Crippen LogP contribution in [0.2, 0.25) is 0 Å². The van der Waals surface area contributed by atoms with Crippen molar-refractivity contribution in [2.75, 3.05) is 40.0 Å². The Hall–Kier alpha value is -0.830. The Morgan fingerprint density at radius 2 is 2.55 bits per heavy atom. The standard InChI is InChI=1S/C14H19ClN4O2S/c1-20-4-2-17-14(19-3-5-21-13(15)8-19)11-6-10-12(22-11)7-16-9-18-10/h6-7,9,13-14,17H,2-5,8H2,1H3. The zero-order valence-electron chi connectivity index (χ0n) is 12.4. The average Bonchev–Trinajstić information content (AvgIpc) is 2.95. The number of fused-ring (bicyclic) bond motifs is 1. The van der Waals surface area contributed by atoms with Gasteiger partial charge < -0.3 is 9.47 Å². The van der Waals surface area contributed by atoms with Gasteiger partial charge in [0.1, 0.15) is 11.9 Å². The van der Waals surface area contributed by atoms with Crippen molar-refractivity contribution in [1.82, 2.24) is 20.2 Å². The van der Waals surface area contributed by atoms with Gasteiger partial charge in [-0.3, -0.25) is 10.2 Å². The number of hydrogen-bond acceptors (Lipinski definition) is 7. The van der Waals surface area contributed by atoms with Crippen molar-refractivity contribution in [3.63, 3.8) is 0 Å². The minimum absolute atomic E-state index is 0.0829. The van der Waals surface area contributed by atoms with Gasteiger partial charge in [0, 0.05) is 37.8 Å². The molecule has 0 radical (unpaired) electrons. The Morgan fingerprint density at radius 3 is 3.32 bits per heavy atom. The lowest BCUT2D eigenvalue weighted by molar-refractivity contribution is -0.0124. The lowest BCUT2D eigenvalue weighted by Crippen LogP contribution is -2.47. The first-order chi connectivity index (χ1) is 10.8. The van der Waals surface area contributed by atoms with E-state index in [0.717, 1.165) is 23.3 Å². The third-order valence-electron chi connectivity index (χ3n) is 3.55. The summed E-state index contributed by atoms with van der Waals surface area (Å²) >= 11 is 7.85. The molecule has 2 aromatic heterocycles. The third-order valence-corrected chi connectivity index (χ3v) is 4.92. The van der Waals surface area contributed by atoms with E-state index in [0.29, 0.717) is 19.8 Å². The molecule has 0 aromatic carbocycles. The fourth-order valence-electron chi connectivity index (χ4n) is 2.51. The second kappa shape index (κ2) is 7.63. The summed E-state index contributed by atoms with van der Waals surface area (Å²) in [5, 5.41) is 3.54. The van der Waals surface area contributed by atoms with Crippen LogP contribution in [-0.2, 0) is 9.47 Å². The Labute approximate surface area is 138 Å². The quantitative estimate of drug-likeness (QED) is 0.638. The van der Waals surface area contributed by atoms with E-state index in [1.807, 2.05) is 6.20 Å². The highest BCUT2D eigenvalue weighted by Gasteiger charge is 2.27. The van der Waals surface area contributed by atoms with Crippen LogP contribution >= 0.6 is 22.9 Å². The summed E-state index contributed by atoms with van der Waals surface area (Å²) in [4.78, 5) is 11.9. The summed E-state index contributed by atoms with van der Waals surface area (Å²) in [6.45, 7) is 3.60. The molecule has 1 aliphatic heterocycles. The molecule has 0 spiro atoms. The van der Waals surface area contributed by atoms with Crippen molar-refractivity contribution in [3.05, 3.63) is 23.5 Å². The molecule has 3 heterocycles. The number of morpholine rings is 1. The van der Waals surface area contributed by atoms with Crippen molar-refractivity contribution in [2.24, 2.45) is 0 Å². The molecule has 2 atom stereocenters. The maximum atomic E-state index is 6.15. The van der Waals surface area contributed by atoms with Crippen LogP contribution in [-0.4, -0.2) is 60.4 Å². The van der Waals surface area contributed by atoms with Crippen molar-refractivity contribution >= 4 is 33.2 Å². The lowest BCUT2D eigenvalue weighted by atomic mass is 10.3. The van der Waals surface area contributed by atoms with Gasteiger partial charge in [-0.15, -0.1) is 11.3 Å². The van der Waals surface area contributed by atoms with Crippen molar-refractivity contribution < 1.29 is 9.47 Å². The van der Waals surface area contributed by atoms with Crippen LogP contribution in [0.4, 0.5) is 0 Å². The molecule has 6 nitrogen and oxygen atoms in total. The molecule has 22 heavy (non-hydrogen) atoms. The van der Waals surface area contributed by atoms with Crippen molar-refractivity contribution in [1.29, 1.82) is 0 Å². The third kappa shape index (κ3) is 3.73. The van der Waals surface area contributed by atoms with Crippen molar-refractivity contribution in [2.45, 2.75) is 11.7 Å². The number of hydrogen-bond donors (Lipinski definition) is 1. The van der Waals surface area contributed by atoms with Gasteiger partial charge >= 0.3 is 0 Å². The number of thiophene rings is 1. The van der Waals surface area contributed by atoms with Gasteiger partial charge in [0.25, 0.3) is 0 Å². The SMILES string of the molecule is COCCNC(c1cc2ncncc2s1)N1CCOC(Cl)C1. The first kappa shape index (κ1) is 16.0. The average molecular weight is 343 g/mol. The van der Waals surface area contributed by atoms with Crippen LogP contribution in [0, 0.1) is 0 Å². The molecule has 1 fully saturated rings. The number of nitrogens with zero attached hydrogens (tertiary/aromatic N) is 3. The van der Waals surface area contributed by atoms with E-state index in [2.05, 4.69) is 26.3 Å².